The van der Waals surface area contributed by atoms with E-state index in [9.17, 15) is 18.0 Å². The van der Waals surface area contributed by atoms with Crippen LogP contribution in [0.1, 0.15) is 26.2 Å². The number of carbonyl (C=O) groups excluding carboxylic acids is 1. The van der Waals surface area contributed by atoms with Crippen LogP contribution < -0.4 is 0 Å². The minimum atomic E-state index is -4.43. The molecule has 0 N–H and O–H groups in total. The van der Waals surface area contributed by atoms with Crippen LogP contribution >= 0.6 is 0 Å². The molecular weight excluding hydrogens is 235 g/mol. The lowest BCUT2D eigenvalue weighted by Crippen LogP contribution is -2.42. The second-order valence-electron chi connectivity index (χ2n) is 4.85. The summed E-state index contributed by atoms with van der Waals surface area (Å²) in [7, 11) is 0. The summed E-state index contributed by atoms with van der Waals surface area (Å²) < 4.78 is 42.1. The highest BCUT2D eigenvalue weighted by Crippen LogP contribution is 2.46. The quantitative estimate of drug-likeness (QED) is 0.667. The van der Waals surface area contributed by atoms with Gasteiger partial charge in [0.15, 0.2) is 6.10 Å². The van der Waals surface area contributed by atoms with E-state index >= 15 is 0 Å². The molecule has 0 aromatic rings. The molecule has 2 aliphatic rings. The van der Waals surface area contributed by atoms with Gasteiger partial charge in [0, 0.05) is 6.42 Å². The van der Waals surface area contributed by atoms with Crippen molar-refractivity contribution < 1.29 is 22.7 Å². The molecular formula is C11H16F3NO2. The minimum Gasteiger partial charge on any atom is -0.452 e. The van der Waals surface area contributed by atoms with Crippen LogP contribution in [0.25, 0.3) is 0 Å². The number of rotatable bonds is 1. The van der Waals surface area contributed by atoms with Crippen LogP contribution in [0.2, 0.25) is 0 Å². The fourth-order valence-corrected chi connectivity index (χ4v) is 2.62. The fourth-order valence-electron chi connectivity index (χ4n) is 2.62. The maximum Gasteiger partial charge on any atom is 0.425 e. The van der Waals surface area contributed by atoms with Crippen molar-refractivity contribution in [2.75, 3.05) is 19.6 Å². The van der Waals surface area contributed by atoms with Crippen molar-refractivity contribution in [2.24, 2.45) is 5.41 Å². The number of piperidine rings is 1. The van der Waals surface area contributed by atoms with Gasteiger partial charge in [-0.2, -0.15) is 13.2 Å². The van der Waals surface area contributed by atoms with Crippen molar-refractivity contribution in [3.63, 3.8) is 0 Å². The molecule has 0 bridgehead atoms. The standard InChI is InChI=1S/C11H16F3NO2/c1-2-15-5-3-10(4-6-15)7-8(11(12,13)14)17-9(10)16/h8H,2-7H2,1H3. The van der Waals surface area contributed by atoms with Crippen molar-refractivity contribution in [3.8, 4) is 0 Å². The van der Waals surface area contributed by atoms with Gasteiger partial charge in [-0.25, -0.2) is 0 Å². The number of hydrogen-bond acceptors (Lipinski definition) is 3. The van der Waals surface area contributed by atoms with Gasteiger partial charge in [-0.1, -0.05) is 6.92 Å². The summed E-state index contributed by atoms with van der Waals surface area (Å²) in [4.78, 5) is 13.8. The van der Waals surface area contributed by atoms with Crippen LogP contribution in [-0.4, -0.2) is 42.8 Å². The van der Waals surface area contributed by atoms with E-state index in [1.807, 2.05) is 6.92 Å². The summed E-state index contributed by atoms with van der Waals surface area (Å²) in [6.45, 7) is 4.23. The zero-order valence-electron chi connectivity index (χ0n) is 9.72. The molecule has 6 heteroatoms. The maximum atomic E-state index is 12.5. The first-order chi connectivity index (χ1) is 7.87. The van der Waals surface area contributed by atoms with Gasteiger partial charge in [0.05, 0.1) is 5.41 Å². The molecule has 1 atom stereocenters. The van der Waals surface area contributed by atoms with E-state index in [2.05, 4.69) is 9.64 Å². The number of cyclic esters (lactones) is 1. The molecule has 0 saturated carbocycles. The number of nitrogens with zero attached hydrogens (tertiary/aromatic N) is 1. The first kappa shape index (κ1) is 12.7. The van der Waals surface area contributed by atoms with Crippen LogP contribution in [-0.2, 0) is 9.53 Å². The van der Waals surface area contributed by atoms with Gasteiger partial charge >= 0.3 is 12.1 Å². The Kier molecular flexibility index (Phi) is 3.10. The largest absolute Gasteiger partial charge is 0.452 e. The minimum absolute atomic E-state index is 0.202. The van der Waals surface area contributed by atoms with E-state index < -0.39 is 23.7 Å². The summed E-state index contributed by atoms with van der Waals surface area (Å²) in [5.74, 6) is -0.657. The monoisotopic (exact) mass is 251 g/mol. The number of hydrogen-bond donors (Lipinski definition) is 0. The van der Waals surface area contributed by atoms with Crippen LogP contribution in [0.15, 0.2) is 0 Å². The molecule has 2 fully saturated rings. The summed E-state index contributed by atoms with van der Waals surface area (Å²) in [5, 5.41) is 0. The first-order valence-electron chi connectivity index (χ1n) is 5.87. The van der Waals surface area contributed by atoms with Crippen molar-refractivity contribution >= 4 is 5.97 Å². The summed E-state index contributed by atoms with van der Waals surface area (Å²) in [5.41, 5.74) is -0.883. The van der Waals surface area contributed by atoms with Crippen molar-refractivity contribution in [1.82, 2.24) is 4.90 Å². The highest BCUT2D eigenvalue weighted by Gasteiger charge is 2.58. The predicted molar refractivity (Wildman–Crippen MR) is 54.3 cm³/mol. The number of ether oxygens (including phenoxy) is 1. The van der Waals surface area contributed by atoms with Crippen LogP contribution in [0.4, 0.5) is 13.2 Å². The highest BCUT2D eigenvalue weighted by atomic mass is 19.4. The Labute approximate surface area is 97.9 Å². The molecule has 2 saturated heterocycles. The smallest absolute Gasteiger partial charge is 0.425 e. The zero-order chi connectivity index (χ0) is 12.7. The van der Waals surface area contributed by atoms with Crippen molar-refractivity contribution in [2.45, 2.75) is 38.5 Å². The molecule has 1 unspecified atom stereocenters. The van der Waals surface area contributed by atoms with E-state index in [-0.39, 0.29) is 6.42 Å². The van der Waals surface area contributed by atoms with Crippen molar-refractivity contribution in [1.29, 1.82) is 0 Å². The molecule has 0 aromatic carbocycles. The topological polar surface area (TPSA) is 29.5 Å². The highest BCUT2D eigenvalue weighted by molar-refractivity contribution is 5.79. The molecule has 17 heavy (non-hydrogen) atoms. The number of halogens is 3. The van der Waals surface area contributed by atoms with E-state index in [1.54, 1.807) is 0 Å². The zero-order valence-corrected chi connectivity index (χ0v) is 9.72. The van der Waals surface area contributed by atoms with Gasteiger partial charge in [-0.3, -0.25) is 4.79 Å². The van der Waals surface area contributed by atoms with E-state index in [1.165, 1.54) is 0 Å². The van der Waals surface area contributed by atoms with Gasteiger partial charge < -0.3 is 9.64 Å². The molecule has 98 valence electrons. The van der Waals surface area contributed by atoms with Gasteiger partial charge in [0.2, 0.25) is 0 Å². The molecule has 2 aliphatic heterocycles. The Bertz CT molecular complexity index is 308. The lowest BCUT2D eigenvalue weighted by molar-refractivity contribution is -0.209. The summed E-state index contributed by atoms with van der Waals surface area (Å²) in [6, 6.07) is 0. The van der Waals surface area contributed by atoms with Gasteiger partial charge in [0.1, 0.15) is 0 Å². The third kappa shape index (κ3) is 2.27. The second-order valence-corrected chi connectivity index (χ2v) is 4.85. The second kappa shape index (κ2) is 4.15. The molecule has 2 heterocycles. The molecule has 0 amide bonds. The Morgan fingerprint density at radius 3 is 2.41 bits per heavy atom. The summed E-state index contributed by atoms with van der Waals surface area (Å²) in [6.07, 6.45) is -5.57. The Morgan fingerprint density at radius 2 is 2.00 bits per heavy atom. The predicted octanol–water partition coefficient (Wildman–Crippen LogP) is 1.97. The first-order valence-corrected chi connectivity index (χ1v) is 5.87. The van der Waals surface area contributed by atoms with E-state index in [0.29, 0.717) is 25.9 Å². The normalized spacial score (nSPS) is 29.6. The van der Waals surface area contributed by atoms with Gasteiger partial charge in [-0.15, -0.1) is 0 Å². The third-order valence-electron chi connectivity index (χ3n) is 3.88. The van der Waals surface area contributed by atoms with Crippen LogP contribution in [0.3, 0.4) is 0 Å². The van der Waals surface area contributed by atoms with Crippen molar-refractivity contribution in [3.05, 3.63) is 0 Å². The molecule has 2 rings (SSSR count). The average Bonchev–Trinajstić information content (AvgIpc) is 2.58. The van der Waals surface area contributed by atoms with E-state index in [0.717, 1.165) is 6.54 Å². The molecule has 0 aliphatic carbocycles. The fraction of sp³-hybridized carbons (Fsp3) is 0.909. The number of carbonyl (C=O) groups is 1. The lowest BCUT2D eigenvalue weighted by Gasteiger charge is -2.35. The number of esters is 1. The molecule has 0 aromatic heterocycles. The maximum absolute atomic E-state index is 12.5. The summed E-state index contributed by atoms with van der Waals surface area (Å²) >= 11 is 0. The molecule has 0 radical (unpaired) electrons. The van der Waals surface area contributed by atoms with E-state index in [4.69, 9.17) is 0 Å². The molecule has 1 spiro atoms. The van der Waals surface area contributed by atoms with Gasteiger partial charge in [0.25, 0.3) is 0 Å². The Balaban J connectivity index is 2.05. The SMILES string of the molecule is CCN1CCC2(CC1)CC(C(F)(F)F)OC2=O. The number of alkyl halides is 3. The van der Waals surface area contributed by atoms with Crippen LogP contribution in [0.5, 0.6) is 0 Å². The molecule has 3 nitrogen and oxygen atoms in total. The number of likely N-dealkylation sites (tertiary alicyclic amines) is 1. The van der Waals surface area contributed by atoms with Gasteiger partial charge in [-0.05, 0) is 32.5 Å². The average molecular weight is 251 g/mol. The lowest BCUT2D eigenvalue weighted by atomic mass is 9.76. The van der Waals surface area contributed by atoms with Crippen LogP contribution in [0, 0.1) is 5.41 Å². The third-order valence-corrected chi connectivity index (χ3v) is 3.88. The Morgan fingerprint density at radius 1 is 1.41 bits per heavy atom. The Hall–Kier alpha value is -0.780.